The number of urea groups is 1. The lowest BCUT2D eigenvalue weighted by Crippen LogP contribution is -2.32. The number of thioether (sulfide) groups is 1. The predicted molar refractivity (Wildman–Crippen MR) is 141 cm³/mol. The maximum Gasteiger partial charge on any atom is 0.416 e. The van der Waals surface area contributed by atoms with Crippen molar-refractivity contribution in [3.05, 3.63) is 95.3 Å². The molecule has 0 aliphatic rings. The number of aromatic nitrogens is 3. The lowest BCUT2D eigenvalue weighted by molar-refractivity contribution is -0.137. The van der Waals surface area contributed by atoms with Crippen molar-refractivity contribution in [2.24, 2.45) is 0 Å². The molecule has 3 aromatic carbocycles. The minimum absolute atomic E-state index is 0.234. The lowest BCUT2D eigenvalue weighted by Gasteiger charge is -2.17. The van der Waals surface area contributed by atoms with E-state index in [4.69, 9.17) is 4.74 Å². The van der Waals surface area contributed by atoms with Gasteiger partial charge < -0.3 is 15.4 Å². The number of nitrogens with one attached hydrogen (secondary N) is 2. The molecule has 198 valence electrons. The monoisotopic (exact) mass is 541 g/mol. The maximum atomic E-state index is 12.8. The molecule has 0 spiro atoms. The molecule has 0 saturated carbocycles. The first-order valence-corrected chi connectivity index (χ1v) is 12.7. The SMILES string of the molecule is COc1cccc(CSc2nnc(C(C)NC(=O)Nc3ccc(C(F)(F)F)cc3)n2-c2ccc(C)cc2)c1. The summed E-state index contributed by atoms with van der Waals surface area (Å²) in [5.41, 5.74) is 2.42. The Kier molecular flexibility index (Phi) is 8.26. The van der Waals surface area contributed by atoms with Gasteiger partial charge in [0.25, 0.3) is 0 Å². The van der Waals surface area contributed by atoms with Crippen molar-refractivity contribution >= 4 is 23.5 Å². The highest BCUT2D eigenvalue weighted by Crippen LogP contribution is 2.30. The van der Waals surface area contributed by atoms with Crippen molar-refractivity contribution in [1.29, 1.82) is 0 Å². The summed E-state index contributed by atoms with van der Waals surface area (Å²) >= 11 is 1.49. The fraction of sp³-hybridized carbons (Fsp3) is 0.222. The molecular weight excluding hydrogens is 515 g/mol. The van der Waals surface area contributed by atoms with E-state index in [-0.39, 0.29) is 5.69 Å². The van der Waals surface area contributed by atoms with Gasteiger partial charge >= 0.3 is 12.2 Å². The van der Waals surface area contributed by atoms with Crippen molar-refractivity contribution in [2.45, 2.75) is 37.0 Å². The predicted octanol–water partition coefficient (Wildman–Crippen LogP) is 6.78. The van der Waals surface area contributed by atoms with Crippen LogP contribution < -0.4 is 15.4 Å². The van der Waals surface area contributed by atoms with E-state index in [9.17, 15) is 18.0 Å². The number of anilines is 1. The first-order valence-electron chi connectivity index (χ1n) is 11.7. The quantitative estimate of drug-likeness (QED) is 0.241. The molecule has 7 nitrogen and oxygen atoms in total. The van der Waals surface area contributed by atoms with Crippen molar-refractivity contribution in [3.8, 4) is 11.4 Å². The Labute approximate surface area is 222 Å². The van der Waals surface area contributed by atoms with Crippen molar-refractivity contribution in [2.75, 3.05) is 12.4 Å². The number of rotatable bonds is 8. The molecule has 1 heterocycles. The normalized spacial score (nSPS) is 12.2. The minimum Gasteiger partial charge on any atom is -0.497 e. The zero-order valence-electron chi connectivity index (χ0n) is 20.9. The molecule has 4 aromatic rings. The average molecular weight is 542 g/mol. The van der Waals surface area contributed by atoms with E-state index in [1.54, 1.807) is 14.0 Å². The van der Waals surface area contributed by atoms with Gasteiger partial charge in [0.1, 0.15) is 5.75 Å². The number of carbonyl (C=O) groups is 1. The first-order chi connectivity index (χ1) is 18.1. The van der Waals surface area contributed by atoms with Crippen LogP contribution in [0.25, 0.3) is 5.69 Å². The number of amides is 2. The van der Waals surface area contributed by atoms with E-state index in [1.807, 2.05) is 60.0 Å². The number of nitrogens with zero attached hydrogens (tertiary/aromatic N) is 3. The van der Waals surface area contributed by atoms with Gasteiger partial charge in [0.2, 0.25) is 0 Å². The van der Waals surface area contributed by atoms with E-state index in [0.717, 1.165) is 34.7 Å². The fourth-order valence-corrected chi connectivity index (χ4v) is 4.57. The van der Waals surface area contributed by atoms with Gasteiger partial charge in [0.15, 0.2) is 11.0 Å². The fourth-order valence-electron chi connectivity index (χ4n) is 3.67. The summed E-state index contributed by atoms with van der Waals surface area (Å²) in [5.74, 6) is 1.89. The molecule has 0 radical (unpaired) electrons. The van der Waals surface area contributed by atoms with Gasteiger partial charge in [-0.3, -0.25) is 4.57 Å². The van der Waals surface area contributed by atoms with Gasteiger partial charge in [-0.05, 0) is 67.9 Å². The van der Waals surface area contributed by atoms with Crippen LogP contribution >= 0.6 is 11.8 Å². The van der Waals surface area contributed by atoms with E-state index >= 15 is 0 Å². The Bertz CT molecular complexity index is 1390. The van der Waals surface area contributed by atoms with Gasteiger partial charge in [-0.15, -0.1) is 10.2 Å². The molecule has 1 unspecified atom stereocenters. The van der Waals surface area contributed by atoms with E-state index in [2.05, 4.69) is 20.8 Å². The molecule has 0 aliphatic carbocycles. The van der Waals surface area contributed by atoms with Crippen molar-refractivity contribution in [1.82, 2.24) is 20.1 Å². The van der Waals surface area contributed by atoms with Crippen LogP contribution in [0.1, 0.15) is 35.5 Å². The topological polar surface area (TPSA) is 81.1 Å². The number of ether oxygens (including phenoxy) is 1. The molecule has 0 bridgehead atoms. The molecule has 2 amide bonds. The second kappa shape index (κ2) is 11.6. The van der Waals surface area contributed by atoms with Crippen LogP contribution in [0.2, 0.25) is 0 Å². The number of benzene rings is 3. The summed E-state index contributed by atoms with van der Waals surface area (Å²) in [6, 6.07) is 18.7. The number of carbonyl (C=O) groups excluding carboxylic acids is 1. The summed E-state index contributed by atoms with van der Waals surface area (Å²) in [6.07, 6.45) is -4.45. The number of aryl methyl sites for hydroxylation is 1. The largest absolute Gasteiger partial charge is 0.497 e. The average Bonchev–Trinajstić information content (AvgIpc) is 3.32. The summed E-state index contributed by atoms with van der Waals surface area (Å²) < 4.78 is 45.6. The van der Waals surface area contributed by atoms with Crippen LogP contribution in [0.15, 0.2) is 78.0 Å². The molecule has 0 aliphatic heterocycles. The zero-order chi connectivity index (χ0) is 27.3. The second-order valence-electron chi connectivity index (χ2n) is 8.55. The van der Waals surface area contributed by atoms with Gasteiger partial charge in [-0.25, -0.2) is 4.79 Å². The molecule has 38 heavy (non-hydrogen) atoms. The highest BCUT2D eigenvalue weighted by Gasteiger charge is 2.30. The number of alkyl halides is 3. The second-order valence-corrected chi connectivity index (χ2v) is 9.49. The Balaban J connectivity index is 1.52. The lowest BCUT2D eigenvalue weighted by atomic mass is 10.2. The Morgan fingerprint density at radius 1 is 1.05 bits per heavy atom. The van der Waals surface area contributed by atoms with Gasteiger partial charge in [0, 0.05) is 17.1 Å². The third-order valence-corrected chi connectivity index (χ3v) is 6.66. The van der Waals surface area contributed by atoms with Crippen LogP contribution in [0.4, 0.5) is 23.7 Å². The molecule has 1 aromatic heterocycles. The number of hydrogen-bond acceptors (Lipinski definition) is 5. The first kappa shape index (κ1) is 27.1. The van der Waals surface area contributed by atoms with Crippen molar-refractivity contribution in [3.63, 3.8) is 0 Å². The third kappa shape index (κ3) is 6.65. The molecule has 11 heteroatoms. The Hall–Kier alpha value is -3.99. The highest BCUT2D eigenvalue weighted by molar-refractivity contribution is 7.98. The summed E-state index contributed by atoms with van der Waals surface area (Å²) in [4.78, 5) is 12.6. The summed E-state index contributed by atoms with van der Waals surface area (Å²) in [6.45, 7) is 3.75. The van der Waals surface area contributed by atoms with Crippen LogP contribution in [0.5, 0.6) is 5.75 Å². The van der Waals surface area contributed by atoms with E-state index < -0.39 is 23.8 Å². The standard InChI is InChI=1S/C27H26F3N5O2S/c1-17-7-13-22(14-8-17)35-24(33-34-26(35)38-16-19-5-4-6-23(15-19)37-3)18(2)31-25(36)32-21-11-9-20(10-12-21)27(28,29)30/h4-15,18H,16H2,1-3H3,(H2,31,32,36). The Morgan fingerprint density at radius 2 is 1.76 bits per heavy atom. The molecule has 0 saturated heterocycles. The minimum atomic E-state index is -4.45. The third-order valence-electron chi connectivity index (χ3n) is 5.66. The van der Waals surface area contributed by atoms with Crippen LogP contribution in [0, 0.1) is 6.92 Å². The molecule has 2 N–H and O–H groups in total. The van der Waals surface area contributed by atoms with Crippen LogP contribution in [-0.2, 0) is 11.9 Å². The number of hydrogen-bond donors (Lipinski definition) is 2. The molecule has 1 atom stereocenters. The highest BCUT2D eigenvalue weighted by atomic mass is 32.2. The van der Waals surface area contributed by atoms with Crippen LogP contribution in [-0.4, -0.2) is 27.9 Å². The summed E-state index contributed by atoms with van der Waals surface area (Å²) in [7, 11) is 1.62. The number of halogens is 3. The smallest absolute Gasteiger partial charge is 0.416 e. The van der Waals surface area contributed by atoms with Crippen molar-refractivity contribution < 1.29 is 22.7 Å². The number of methoxy groups -OCH3 is 1. The van der Waals surface area contributed by atoms with E-state index in [1.165, 1.54) is 23.9 Å². The molecular formula is C27H26F3N5O2S. The molecule has 4 rings (SSSR count). The summed E-state index contributed by atoms with van der Waals surface area (Å²) in [5, 5.41) is 14.7. The van der Waals surface area contributed by atoms with Gasteiger partial charge in [-0.1, -0.05) is 41.6 Å². The Morgan fingerprint density at radius 3 is 2.42 bits per heavy atom. The zero-order valence-corrected chi connectivity index (χ0v) is 21.7. The van der Waals surface area contributed by atoms with Gasteiger partial charge in [0.05, 0.1) is 18.7 Å². The van der Waals surface area contributed by atoms with E-state index in [0.29, 0.717) is 16.7 Å². The maximum absolute atomic E-state index is 12.8. The van der Waals surface area contributed by atoms with Crippen LogP contribution in [0.3, 0.4) is 0 Å². The van der Waals surface area contributed by atoms with Gasteiger partial charge in [-0.2, -0.15) is 13.2 Å². The molecule has 0 fully saturated rings.